The molecule has 0 aromatic rings. The first-order valence-electron chi connectivity index (χ1n) is 8.95. The quantitative estimate of drug-likeness (QED) is 0.590. The topological polar surface area (TPSA) is 52.6 Å². The molecule has 0 saturated heterocycles. The molecule has 6 saturated carbocycles. The molecule has 0 radical (unpaired) electrons. The Bertz CT molecular complexity index is 734. The molecular weight excluding hydrogens is 304 g/mol. The highest BCUT2D eigenvalue weighted by Gasteiger charge is 2.84. The van der Waals surface area contributed by atoms with Gasteiger partial charge in [-0.15, -0.1) is 0 Å². The highest BCUT2D eigenvalue weighted by atomic mass is 16.5. The lowest BCUT2D eigenvalue weighted by Gasteiger charge is -2.85. The zero-order valence-corrected chi connectivity index (χ0v) is 14.7. The van der Waals surface area contributed by atoms with Crippen molar-refractivity contribution < 1.29 is 19.1 Å². The van der Waals surface area contributed by atoms with E-state index in [-0.39, 0.29) is 29.2 Å². The van der Waals surface area contributed by atoms with Crippen molar-refractivity contribution in [3.05, 3.63) is 23.3 Å². The molecule has 8 aliphatic rings. The molecule has 2 unspecified atom stereocenters. The van der Waals surface area contributed by atoms with Crippen molar-refractivity contribution in [1.82, 2.24) is 0 Å². The molecule has 0 heterocycles. The number of hydrogen-bond donors (Lipinski definition) is 0. The van der Waals surface area contributed by atoms with E-state index in [4.69, 9.17) is 9.47 Å². The Balaban J connectivity index is 1.71. The largest absolute Gasteiger partial charge is 0.466 e. The van der Waals surface area contributed by atoms with Crippen LogP contribution in [-0.4, -0.2) is 26.2 Å². The first-order chi connectivity index (χ1) is 11.4. The summed E-state index contributed by atoms with van der Waals surface area (Å²) in [6.45, 7) is 8.72. The van der Waals surface area contributed by atoms with E-state index in [9.17, 15) is 9.59 Å². The van der Waals surface area contributed by atoms with Crippen molar-refractivity contribution in [1.29, 1.82) is 0 Å². The summed E-state index contributed by atoms with van der Waals surface area (Å²) in [6.07, 6.45) is 1.20. The normalized spacial score (nSPS) is 51.7. The van der Waals surface area contributed by atoms with Crippen LogP contribution in [0.4, 0.5) is 0 Å². The van der Waals surface area contributed by atoms with E-state index in [2.05, 4.69) is 20.4 Å². The van der Waals surface area contributed by atoms with Crippen LogP contribution in [0.2, 0.25) is 0 Å². The van der Waals surface area contributed by atoms with Crippen LogP contribution < -0.4 is 0 Å². The number of ether oxygens (including phenoxy) is 2. The van der Waals surface area contributed by atoms with Gasteiger partial charge in [-0.05, 0) is 66.1 Å². The Labute approximate surface area is 142 Å². The van der Waals surface area contributed by atoms with Crippen LogP contribution in [0.1, 0.15) is 20.3 Å². The van der Waals surface area contributed by atoms with Gasteiger partial charge in [0.05, 0.1) is 25.4 Å². The van der Waals surface area contributed by atoms with Crippen molar-refractivity contribution in [2.45, 2.75) is 20.3 Å². The van der Waals surface area contributed by atoms with Crippen LogP contribution in [0, 0.1) is 52.8 Å². The molecule has 0 N–H and O–H groups in total. The van der Waals surface area contributed by atoms with Gasteiger partial charge in [-0.25, -0.2) is 9.59 Å². The molecule has 0 amide bonds. The van der Waals surface area contributed by atoms with Gasteiger partial charge in [0.1, 0.15) is 0 Å². The second-order valence-corrected chi connectivity index (χ2v) is 8.76. The van der Waals surface area contributed by atoms with Crippen molar-refractivity contribution in [3.8, 4) is 0 Å². The SMILES string of the molecule is C=C(C)[C@]1(C)CC2C3[C@@H]4[C@H]5C(C(=O)OC)=C(C(=O)OC)[C@@H]([C@H]24)[C@@H]1[C@@H]35. The highest BCUT2D eigenvalue weighted by molar-refractivity contribution is 6.02. The lowest BCUT2D eigenvalue weighted by Crippen LogP contribution is -2.82. The number of methoxy groups -OCH3 is 2. The molecule has 4 heteroatoms. The first kappa shape index (κ1) is 14.7. The summed E-state index contributed by atoms with van der Waals surface area (Å²) in [4.78, 5) is 25.1. The monoisotopic (exact) mass is 328 g/mol. The molecule has 0 aromatic heterocycles. The number of esters is 2. The Morgan fingerprint density at radius 3 is 2.12 bits per heavy atom. The predicted octanol–water partition coefficient (Wildman–Crippen LogP) is 2.60. The van der Waals surface area contributed by atoms with Crippen LogP contribution in [0.3, 0.4) is 0 Å². The van der Waals surface area contributed by atoms with Gasteiger partial charge in [0, 0.05) is 0 Å². The number of carbonyl (C=O) groups is 2. The average Bonchev–Trinajstić information content (AvgIpc) is 2.55. The summed E-state index contributed by atoms with van der Waals surface area (Å²) in [5, 5.41) is 0. The fourth-order valence-electron chi connectivity index (χ4n) is 7.76. The fraction of sp³-hybridized carbons (Fsp3) is 0.700. The Kier molecular flexibility index (Phi) is 2.55. The number of hydrogen-bond acceptors (Lipinski definition) is 4. The van der Waals surface area contributed by atoms with Gasteiger partial charge >= 0.3 is 11.9 Å². The molecule has 24 heavy (non-hydrogen) atoms. The van der Waals surface area contributed by atoms with Gasteiger partial charge in [-0.1, -0.05) is 19.1 Å². The summed E-state index contributed by atoms with van der Waals surface area (Å²) in [6, 6.07) is 0. The summed E-state index contributed by atoms with van der Waals surface area (Å²) in [5.41, 5.74) is 2.55. The number of fused-ring (bicyclic) bond motifs is 1. The molecule has 0 aliphatic heterocycles. The Hall–Kier alpha value is -1.58. The van der Waals surface area contributed by atoms with Crippen molar-refractivity contribution in [3.63, 3.8) is 0 Å². The smallest absolute Gasteiger partial charge is 0.334 e. The maximum Gasteiger partial charge on any atom is 0.334 e. The van der Waals surface area contributed by atoms with Gasteiger partial charge < -0.3 is 9.47 Å². The average molecular weight is 328 g/mol. The molecule has 0 aromatic carbocycles. The Morgan fingerprint density at radius 2 is 1.58 bits per heavy atom. The second kappa shape index (κ2) is 4.14. The lowest BCUT2D eigenvalue weighted by molar-refractivity contribution is -0.350. The highest BCUT2D eigenvalue weighted by Crippen LogP contribution is 2.86. The van der Waals surface area contributed by atoms with Gasteiger partial charge in [0.2, 0.25) is 0 Å². The maximum absolute atomic E-state index is 12.6. The van der Waals surface area contributed by atoms with Crippen molar-refractivity contribution >= 4 is 11.9 Å². The third-order valence-electron chi connectivity index (χ3n) is 8.51. The van der Waals surface area contributed by atoms with E-state index in [1.807, 2.05) is 0 Å². The van der Waals surface area contributed by atoms with E-state index in [1.165, 1.54) is 26.2 Å². The third kappa shape index (κ3) is 1.22. The molecular formula is C20H24O4. The maximum atomic E-state index is 12.6. The number of rotatable bonds is 3. The molecule has 8 bridgehead atoms. The van der Waals surface area contributed by atoms with E-state index in [0.29, 0.717) is 40.7 Å². The van der Waals surface area contributed by atoms with Crippen LogP contribution >= 0.6 is 0 Å². The van der Waals surface area contributed by atoms with Crippen molar-refractivity contribution in [2.75, 3.05) is 14.2 Å². The van der Waals surface area contributed by atoms with E-state index >= 15 is 0 Å². The first-order valence-corrected chi connectivity index (χ1v) is 8.95. The summed E-state index contributed by atoms with van der Waals surface area (Å²) < 4.78 is 10.1. The zero-order chi connectivity index (χ0) is 17.1. The molecule has 0 spiro atoms. The van der Waals surface area contributed by atoms with Crippen LogP contribution in [-0.2, 0) is 19.1 Å². The summed E-state index contributed by atoms with van der Waals surface area (Å²) in [7, 11) is 2.82. The van der Waals surface area contributed by atoms with Gasteiger partial charge in [0.15, 0.2) is 0 Å². The number of allylic oxidation sites excluding steroid dienone is 1. The second-order valence-electron chi connectivity index (χ2n) is 8.76. The molecule has 4 nitrogen and oxygen atoms in total. The minimum absolute atomic E-state index is 0.0670. The van der Waals surface area contributed by atoms with Crippen LogP contribution in [0.25, 0.3) is 0 Å². The molecule has 8 rings (SSSR count). The van der Waals surface area contributed by atoms with Crippen LogP contribution in [0.5, 0.6) is 0 Å². The van der Waals surface area contributed by atoms with E-state index < -0.39 is 0 Å². The lowest BCUT2D eigenvalue weighted by atomic mass is 9.18. The molecule has 8 aliphatic carbocycles. The molecule has 128 valence electrons. The van der Waals surface area contributed by atoms with Gasteiger partial charge in [0.25, 0.3) is 0 Å². The fourth-order valence-corrected chi connectivity index (χ4v) is 7.76. The molecule has 6 fully saturated rings. The van der Waals surface area contributed by atoms with Gasteiger partial charge in [-0.2, -0.15) is 0 Å². The molecule has 9 atom stereocenters. The Morgan fingerprint density at radius 1 is 1.00 bits per heavy atom. The van der Waals surface area contributed by atoms with Gasteiger partial charge in [-0.3, -0.25) is 0 Å². The van der Waals surface area contributed by atoms with E-state index in [1.54, 1.807) is 0 Å². The standard InChI is InChI=1S/C20H24O4/c1-7(2)20(3)6-8-9-11-10(8)14-16(19(22)24-5)15(18(21)23-4)12(11)13(9)17(14)20/h8-14,17H,1,6H2,2-5H3/t8?,9?,10-,11+,12-,13+,14-,17+,20+/m1/s1. The van der Waals surface area contributed by atoms with E-state index in [0.717, 1.165) is 5.92 Å². The van der Waals surface area contributed by atoms with Crippen molar-refractivity contribution in [2.24, 2.45) is 52.8 Å². The summed E-state index contributed by atoms with van der Waals surface area (Å²) >= 11 is 0. The minimum atomic E-state index is -0.331. The predicted molar refractivity (Wildman–Crippen MR) is 86.5 cm³/mol. The zero-order valence-electron chi connectivity index (χ0n) is 14.7. The van der Waals surface area contributed by atoms with Crippen LogP contribution in [0.15, 0.2) is 23.3 Å². The minimum Gasteiger partial charge on any atom is -0.466 e. The number of carbonyl (C=O) groups excluding carboxylic acids is 2. The third-order valence-corrected chi connectivity index (χ3v) is 8.51. The summed E-state index contributed by atoms with van der Waals surface area (Å²) in [5.74, 6) is 3.24.